The van der Waals surface area contributed by atoms with Crippen molar-refractivity contribution in [3.8, 4) is 0 Å². The van der Waals surface area contributed by atoms with Gasteiger partial charge in [-0.2, -0.15) is 0 Å². The van der Waals surface area contributed by atoms with Gasteiger partial charge in [-0.3, -0.25) is 14.4 Å². The predicted molar refractivity (Wildman–Crippen MR) is 229 cm³/mol. The Hall–Kier alpha value is -1.59. The predicted octanol–water partition coefficient (Wildman–Crippen LogP) is 15.0. The summed E-state index contributed by atoms with van der Waals surface area (Å²) in [7, 11) is 0. The Bertz CT molecular complexity index is 826. The Morgan fingerprint density at radius 3 is 1.06 bits per heavy atom. The second kappa shape index (κ2) is 41.1. The van der Waals surface area contributed by atoms with Crippen LogP contribution in [0.15, 0.2) is 0 Å². The number of esters is 3. The number of hydrogen-bond donors (Lipinski definition) is 0. The van der Waals surface area contributed by atoms with Crippen molar-refractivity contribution in [2.45, 2.75) is 265 Å². The summed E-state index contributed by atoms with van der Waals surface area (Å²) in [4.78, 5) is 37.7. The number of carbonyl (C=O) groups excluding carboxylic acids is 3. The molecule has 0 aromatic heterocycles. The van der Waals surface area contributed by atoms with E-state index in [1.54, 1.807) is 0 Å². The Kier molecular flexibility index (Phi) is 39.8. The average Bonchev–Trinajstić information content (AvgIpc) is 3.15. The molecule has 0 aliphatic heterocycles. The van der Waals surface area contributed by atoms with E-state index in [0.717, 1.165) is 69.6 Å². The lowest BCUT2D eigenvalue weighted by Crippen LogP contribution is -2.30. The molecular formula is C48H92O6. The normalized spacial score (nSPS) is 12.6. The van der Waals surface area contributed by atoms with Gasteiger partial charge in [-0.05, 0) is 31.1 Å². The molecule has 0 saturated carbocycles. The second-order valence-corrected chi connectivity index (χ2v) is 17.1. The van der Waals surface area contributed by atoms with E-state index < -0.39 is 6.10 Å². The van der Waals surface area contributed by atoms with Gasteiger partial charge in [-0.15, -0.1) is 0 Å². The molecule has 0 fully saturated rings. The molecule has 0 amide bonds. The molecule has 0 heterocycles. The smallest absolute Gasteiger partial charge is 0.306 e. The van der Waals surface area contributed by atoms with Crippen LogP contribution in [0.3, 0.4) is 0 Å². The molecule has 0 radical (unpaired) electrons. The molecule has 1 unspecified atom stereocenters. The molecule has 0 bridgehead atoms. The number of rotatable bonds is 42. The molecule has 2 atom stereocenters. The molecule has 0 aromatic rings. The highest BCUT2D eigenvalue weighted by atomic mass is 16.6. The van der Waals surface area contributed by atoms with Gasteiger partial charge in [0.05, 0.1) is 0 Å². The highest BCUT2D eigenvalue weighted by Crippen LogP contribution is 2.17. The van der Waals surface area contributed by atoms with Crippen LogP contribution in [0.4, 0.5) is 0 Å². The zero-order chi connectivity index (χ0) is 39.7. The van der Waals surface area contributed by atoms with Gasteiger partial charge in [0, 0.05) is 19.3 Å². The van der Waals surface area contributed by atoms with E-state index in [4.69, 9.17) is 14.2 Å². The van der Waals surface area contributed by atoms with Crippen LogP contribution in [0.2, 0.25) is 0 Å². The van der Waals surface area contributed by atoms with Gasteiger partial charge >= 0.3 is 17.9 Å². The molecule has 320 valence electrons. The van der Waals surface area contributed by atoms with Crippen molar-refractivity contribution in [1.82, 2.24) is 0 Å². The number of hydrogen-bond acceptors (Lipinski definition) is 6. The maximum absolute atomic E-state index is 12.7. The van der Waals surface area contributed by atoms with E-state index in [1.165, 1.54) is 148 Å². The van der Waals surface area contributed by atoms with Gasteiger partial charge in [-0.1, -0.05) is 221 Å². The minimum Gasteiger partial charge on any atom is -0.462 e. The highest BCUT2D eigenvalue weighted by Gasteiger charge is 2.19. The van der Waals surface area contributed by atoms with Crippen molar-refractivity contribution in [3.63, 3.8) is 0 Å². The zero-order valence-corrected chi connectivity index (χ0v) is 36.8. The first-order valence-corrected chi connectivity index (χ1v) is 23.8. The summed E-state index contributed by atoms with van der Waals surface area (Å²) < 4.78 is 16.7. The Balaban J connectivity index is 4.29. The summed E-state index contributed by atoms with van der Waals surface area (Å²) >= 11 is 0. The van der Waals surface area contributed by atoms with Crippen LogP contribution >= 0.6 is 0 Å². The van der Waals surface area contributed by atoms with Gasteiger partial charge < -0.3 is 14.2 Å². The van der Waals surface area contributed by atoms with Crippen molar-refractivity contribution in [1.29, 1.82) is 0 Å². The molecule has 0 aliphatic carbocycles. The molecule has 0 saturated heterocycles. The number of unbranched alkanes of at least 4 members (excludes halogenated alkanes) is 26. The third-order valence-corrected chi connectivity index (χ3v) is 11.1. The van der Waals surface area contributed by atoms with E-state index in [2.05, 4.69) is 34.6 Å². The third-order valence-electron chi connectivity index (χ3n) is 11.1. The molecular weight excluding hydrogens is 673 g/mol. The largest absolute Gasteiger partial charge is 0.462 e. The van der Waals surface area contributed by atoms with E-state index in [0.29, 0.717) is 19.3 Å². The summed E-state index contributed by atoms with van der Waals surface area (Å²) in [6.07, 6.45) is 39.4. The second-order valence-electron chi connectivity index (χ2n) is 17.1. The van der Waals surface area contributed by atoms with Gasteiger partial charge in [0.1, 0.15) is 13.2 Å². The summed E-state index contributed by atoms with van der Waals surface area (Å²) in [5.41, 5.74) is 0. The van der Waals surface area contributed by atoms with E-state index in [-0.39, 0.29) is 31.1 Å². The fourth-order valence-electron chi connectivity index (χ4n) is 7.07. The Morgan fingerprint density at radius 1 is 0.389 bits per heavy atom. The highest BCUT2D eigenvalue weighted by molar-refractivity contribution is 5.71. The molecule has 0 rings (SSSR count). The molecule has 54 heavy (non-hydrogen) atoms. The first-order valence-electron chi connectivity index (χ1n) is 23.8. The summed E-state index contributed by atoms with van der Waals surface area (Å²) in [5.74, 6) is 0.831. The molecule has 0 N–H and O–H groups in total. The van der Waals surface area contributed by atoms with Gasteiger partial charge in [0.15, 0.2) is 6.10 Å². The number of ether oxygens (including phenoxy) is 3. The quantitative estimate of drug-likeness (QED) is 0.0350. The maximum atomic E-state index is 12.7. The first kappa shape index (κ1) is 52.4. The Morgan fingerprint density at radius 2 is 0.704 bits per heavy atom. The zero-order valence-electron chi connectivity index (χ0n) is 36.8. The van der Waals surface area contributed by atoms with Crippen LogP contribution in [-0.4, -0.2) is 37.2 Å². The van der Waals surface area contributed by atoms with Gasteiger partial charge in [-0.25, -0.2) is 0 Å². The van der Waals surface area contributed by atoms with E-state index in [9.17, 15) is 14.4 Å². The molecule has 0 aliphatic rings. The van der Waals surface area contributed by atoms with Crippen LogP contribution in [0.5, 0.6) is 0 Å². The lowest BCUT2D eigenvalue weighted by atomic mass is 9.99. The minimum atomic E-state index is -0.760. The standard InChI is InChI=1S/C48H92O6/c1-6-8-9-10-11-16-25-30-35-40-48(51)54-45(41-52-46(49)38-33-28-23-19-14-12-17-21-26-31-36-43(3)4)42-53-47(50)39-34-29-24-20-15-13-18-22-27-32-37-44(5)7-2/h43-45H,6-42H2,1-5H3/t44?,45-/m0/s1. The van der Waals surface area contributed by atoms with Crippen molar-refractivity contribution >= 4 is 17.9 Å². The SMILES string of the molecule is CCCCCCCCCCCC(=O)O[C@@H](COC(=O)CCCCCCCCCCCCC(C)C)COC(=O)CCCCCCCCCCCCC(C)CC. The lowest BCUT2D eigenvalue weighted by molar-refractivity contribution is -0.167. The fraction of sp³-hybridized carbons (Fsp3) is 0.938. The fourth-order valence-corrected chi connectivity index (χ4v) is 7.07. The van der Waals surface area contributed by atoms with Gasteiger partial charge in [0.25, 0.3) is 0 Å². The van der Waals surface area contributed by atoms with E-state index in [1.807, 2.05) is 0 Å². The van der Waals surface area contributed by atoms with Crippen LogP contribution in [0.25, 0.3) is 0 Å². The lowest BCUT2D eigenvalue weighted by Gasteiger charge is -2.18. The van der Waals surface area contributed by atoms with Crippen LogP contribution in [-0.2, 0) is 28.6 Å². The van der Waals surface area contributed by atoms with Crippen LogP contribution < -0.4 is 0 Å². The Labute approximate surface area is 336 Å². The number of carbonyl (C=O) groups is 3. The maximum Gasteiger partial charge on any atom is 0.306 e. The minimum absolute atomic E-state index is 0.0648. The van der Waals surface area contributed by atoms with E-state index >= 15 is 0 Å². The molecule has 0 aromatic carbocycles. The summed E-state index contributed by atoms with van der Waals surface area (Å²) in [5, 5.41) is 0. The third kappa shape index (κ3) is 40.1. The van der Waals surface area contributed by atoms with Crippen molar-refractivity contribution in [2.75, 3.05) is 13.2 Å². The van der Waals surface area contributed by atoms with Crippen LogP contribution in [0.1, 0.15) is 259 Å². The van der Waals surface area contributed by atoms with Crippen molar-refractivity contribution in [3.05, 3.63) is 0 Å². The van der Waals surface area contributed by atoms with Crippen LogP contribution in [0, 0.1) is 11.8 Å². The average molecular weight is 765 g/mol. The van der Waals surface area contributed by atoms with Crippen molar-refractivity contribution in [2.24, 2.45) is 11.8 Å². The summed E-state index contributed by atoms with van der Waals surface area (Å²) in [6.45, 7) is 11.3. The topological polar surface area (TPSA) is 78.9 Å². The van der Waals surface area contributed by atoms with Gasteiger partial charge in [0.2, 0.25) is 0 Å². The summed E-state index contributed by atoms with van der Waals surface area (Å²) in [6, 6.07) is 0. The molecule has 0 spiro atoms. The molecule has 6 heteroatoms. The first-order chi connectivity index (χ1) is 26.3. The monoisotopic (exact) mass is 765 g/mol. The molecule has 6 nitrogen and oxygen atoms in total. The van der Waals surface area contributed by atoms with Crippen molar-refractivity contribution < 1.29 is 28.6 Å².